The molecule has 0 aliphatic carbocycles. The van der Waals surface area contributed by atoms with Gasteiger partial charge in [0.1, 0.15) is 5.60 Å². The van der Waals surface area contributed by atoms with Gasteiger partial charge in [-0.15, -0.1) is 6.58 Å². The molecule has 1 aromatic rings. The molecule has 0 aromatic heterocycles. The van der Waals surface area contributed by atoms with Gasteiger partial charge in [-0.1, -0.05) is 34.1 Å². The first-order valence-corrected chi connectivity index (χ1v) is 7.60. The molecule has 4 heteroatoms. The normalized spacial score (nSPS) is 24.1. The van der Waals surface area contributed by atoms with Crippen LogP contribution in [0.2, 0.25) is 0 Å². The fourth-order valence-electron chi connectivity index (χ4n) is 2.49. The van der Waals surface area contributed by atoms with Gasteiger partial charge >= 0.3 is 6.09 Å². The number of hydrogen-bond donors (Lipinski definition) is 0. The van der Waals surface area contributed by atoms with Gasteiger partial charge in [0.05, 0.1) is 6.04 Å². The molecule has 1 saturated heterocycles. The van der Waals surface area contributed by atoms with E-state index in [1.54, 1.807) is 11.0 Å². The number of ether oxygens (including phenoxy) is 1. The number of amides is 1. The van der Waals surface area contributed by atoms with Crippen LogP contribution in [0.25, 0.3) is 0 Å². The Bertz CT molecular complexity index is 500. The molecule has 2 atom stereocenters. The van der Waals surface area contributed by atoms with Crippen molar-refractivity contribution < 1.29 is 9.53 Å². The predicted molar refractivity (Wildman–Crippen MR) is 83.6 cm³/mol. The van der Waals surface area contributed by atoms with Crippen LogP contribution in [-0.2, 0) is 4.74 Å². The quantitative estimate of drug-likeness (QED) is 0.746. The SMILES string of the molecule is C=CCC1(C)CCN(C(C)c2ccc(Br)cc2)C(=O)O1. The molecule has 1 aliphatic heterocycles. The molecule has 0 bridgehead atoms. The average Bonchev–Trinajstić information content (AvgIpc) is 2.39. The summed E-state index contributed by atoms with van der Waals surface area (Å²) in [5.41, 5.74) is 0.701. The Morgan fingerprint density at radius 1 is 1.50 bits per heavy atom. The Morgan fingerprint density at radius 2 is 2.15 bits per heavy atom. The summed E-state index contributed by atoms with van der Waals surface area (Å²) >= 11 is 3.42. The van der Waals surface area contributed by atoms with Gasteiger partial charge in [0, 0.05) is 23.9 Å². The number of carbonyl (C=O) groups excluding carboxylic acids is 1. The highest BCUT2D eigenvalue weighted by atomic mass is 79.9. The summed E-state index contributed by atoms with van der Waals surface area (Å²) in [5.74, 6) is 0. The van der Waals surface area contributed by atoms with Crippen LogP contribution in [0.4, 0.5) is 4.79 Å². The number of benzene rings is 1. The van der Waals surface area contributed by atoms with E-state index in [-0.39, 0.29) is 12.1 Å². The van der Waals surface area contributed by atoms with Crippen molar-refractivity contribution >= 4 is 22.0 Å². The Morgan fingerprint density at radius 3 is 2.70 bits per heavy atom. The Balaban J connectivity index is 2.09. The van der Waals surface area contributed by atoms with E-state index >= 15 is 0 Å². The number of carbonyl (C=O) groups is 1. The van der Waals surface area contributed by atoms with E-state index < -0.39 is 5.60 Å². The van der Waals surface area contributed by atoms with E-state index in [2.05, 4.69) is 22.5 Å². The van der Waals surface area contributed by atoms with E-state index in [1.807, 2.05) is 38.1 Å². The highest BCUT2D eigenvalue weighted by Crippen LogP contribution is 2.32. The second-order valence-electron chi connectivity index (χ2n) is 5.48. The standard InChI is InChI=1S/C16H20BrNO2/c1-4-9-16(3)10-11-18(15(19)20-16)12(2)13-5-7-14(17)8-6-13/h4-8,12H,1,9-11H2,2-3H3. The van der Waals surface area contributed by atoms with E-state index in [9.17, 15) is 4.79 Å². The molecular weight excluding hydrogens is 318 g/mol. The number of rotatable bonds is 4. The lowest BCUT2D eigenvalue weighted by Gasteiger charge is -2.41. The smallest absolute Gasteiger partial charge is 0.410 e. The van der Waals surface area contributed by atoms with Gasteiger partial charge in [0.25, 0.3) is 0 Å². The molecule has 0 saturated carbocycles. The molecule has 3 nitrogen and oxygen atoms in total. The molecule has 1 fully saturated rings. The second kappa shape index (κ2) is 6.00. The first-order valence-electron chi connectivity index (χ1n) is 6.81. The molecule has 2 unspecified atom stereocenters. The van der Waals surface area contributed by atoms with E-state index in [1.165, 1.54) is 0 Å². The predicted octanol–water partition coefficient (Wildman–Crippen LogP) is 4.69. The maximum Gasteiger partial charge on any atom is 0.410 e. The lowest BCUT2D eigenvalue weighted by Crippen LogP contribution is -2.48. The first kappa shape index (κ1) is 15.1. The van der Waals surface area contributed by atoms with Crippen molar-refractivity contribution in [2.75, 3.05) is 6.54 Å². The van der Waals surface area contributed by atoms with Crippen LogP contribution in [0.1, 0.15) is 38.3 Å². The lowest BCUT2D eigenvalue weighted by molar-refractivity contribution is -0.0433. The Hall–Kier alpha value is -1.29. The third-order valence-corrected chi connectivity index (χ3v) is 4.37. The van der Waals surface area contributed by atoms with Crippen molar-refractivity contribution in [3.8, 4) is 0 Å². The molecule has 0 spiro atoms. The lowest BCUT2D eigenvalue weighted by atomic mass is 9.95. The van der Waals surface area contributed by atoms with Gasteiger partial charge in [-0.3, -0.25) is 0 Å². The van der Waals surface area contributed by atoms with Gasteiger partial charge < -0.3 is 9.64 Å². The van der Waals surface area contributed by atoms with Crippen LogP contribution in [-0.4, -0.2) is 23.1 Å². The van der Waals surface area contributed by atoms with Crippen molar-refractivity contribution in [2.24, 2.45) is 0 Å². The largest absolute Gasteiger partial charge is 0.443 e. The summed E-state index contributed by atoms with van der Waals surface area (Å²) in [6, 6.07) is 8.05. The van der Waals surface area contributed by atoms with Crippen LogP contribution in [0, 0.1) is 0 Å². The summed E-state index contributed by atoms with van der Waals surface area (Å²) in [7, 11) is 0. The van der Waals surface area contributed by atoms with Crippen LogP contribution in [0.15, 0.2) is 41.4 Å². The van der Waals surface area contributed by atoms with Crippen LogP contribution in [0.3, 0.4) is 0 Å². The molecule has 0 N–H and O–H groups in total. The van der Waals surface area contributed by atoms with Crippen LogP contribution in [0.5, 0.6) is 0 Å². The molecule has 0 radical (unpaired) electrons. The Kier molecular flexibility index (Phi) is 4.53. The minimum Gasteiger partial charge on any atom is -0.443 e. The van der Waals surface area contributed by atoms with Crippen molar-refractivity contribution in [3.63, 3.8) is 0 Å². The molecule has 1 aliphatic rings. The Labute approximate surface area is 128 Å². The van der Waals surface area contributed by atoms with Crippen molar-refractivity contribution in [1.82, 2.24) is 4.90 Å². The summed E-state index contributed by atoms with van der Waals surface area (Å²) in [4.78, 5) is 14.0. The monoisotopic (exact) mass is 337 g/mol. The zero-order valence-corrected chi connectivity index (χ0v) is 13.5. The molecule has 1 heterocycles. The minimum absolute atomic E-state index is 0.0175. The summed E-state index contributed by atoms with van der Waals surface area (Å²) < 4.78 is 6.64. The molecular formula is C16H20BrNO2. The zero-order chi connectivity index (χ0) is 14.8. The maximum absolute atomic E-state index is 12.2. The average molecular weight is 338 g/mol. The fraction of sp³-hybridized carbons (Fsp3) is 0.438. The van der Waals surface area contributed by atoms with Crippen molar-refractivity contribution in [2.45, 2.75) is 38.3 Å². The first-order chi connectivity index (χ1) is 9.45. The van der Waals surface area contributed by atoms with E-state index in [4.69, 9.17) is 4.74 Å². The molecule has 1 aromatic carbocycles. The third-order valence-electron chi connectivity index (χ3n) is 3.85. The van der Waals surface area contributed by atoms with Gasteiger partial charge in [-0.2, -0.15) is 0 Å². The van der Waals surface area contributed by atoms with Gasteiger partial charge in [-0.05, 0) is 31.5 Å². The van der Waals surface area contributed by atoms with Gasteiger partial charge in [-0.25, -0.2) is 4.79 Å². The number of halogens is 1. The summed E-state index contributed by atoms with van der Waals surface area (Å²) in [6.07, 6.45) is 3.09. The topological polar surface area (TPSA) is 29.5 Å². The third kappa shape index (κ3) is 3.23. The van der Waals surface area contributed by atoms with Gasteiger partial charge in [0.15, 0.2) is 0 Å². The van der Waals surface area contributed by atoms with Crippen LogP contribution >= 0.6 is 15.9 Å². The van der Waals surface area contributed by atoms with E-state index in [0.717, 1.165) is 16.5 Å². The molecule has 2 rings (SSSR count). The molecule has 108 valence electrons. The number of cyclic esters (lactones) is 1. The van der Waals surface area contributed by atoms with Gasteiger partial charge in [0.2, 0.25) is 0 Å². The highest BCUT2D eigenvalue weighted by Gasteiger charge is 2.37. The zero-order valence-electron chi connectivity index (χ0n) is 11.9. The number of hydrogen-bond acceptors (Lipinski definition) is 2. The number of nitrogens with zero attached hydrogens (tertiary/aromatic N) is 1. The van der Waals surface area contributed by atoms with Crippen LogP contribution < -0.4 is 0 Å². The maximum atomic E-state index is 12.2. The highest BCUT2D eigenvalue weighted by molar-refractivity contribution is 9.10. The fourth-order valence-corrected chi connectivity index (χ4v) is 2.76. The second-order valence-corrected chi connectivity index (χ2v) is 6.40. The summed E-state index contributed by atoms with van der Waals surface area (Å²) in [5, 5.41) is 0. The summed E-state index contributed by atoms with van der Waals surface area (Å²) in [6.45, 7) is 8.43. The van der Waals surface area contributed by atoms with Crippen molar-refractivity contribution in [3.05, 3.63) is 47.0 Å². The van der Waals surface area contributed by atoms with Crippen molar-refractivity contribution in [1.29, 1.82) is 0 Å². The minimum atomic E-state index is -0.408. The molecule has 20 heavy (non-hydrogen) atoms. The van der Waals surface area contributed by atoms with E-state index in [0.29, 0.717) is 13.0 Å². The molecule has 1 amide bonds.